The van der Waals surface area contributed by atoms with Crippen LogP contribution < -0.4 is 10.6 Å². The first kappa shape index (κ1) is 13.3. The third-order valence-corrected chi connectivity index (χ3v) is 5.20. The molecule has 0 spiro atoms. The number of hydrogen-bond donors (Lipinski definition) is 2. The maximum atomic E-state index is 6.21. The van der Waals surface area contributed by atoms with E-state index in [0.717, 1.165) is 17.0 Å². The zero-order valence-electron chi connectivity index (χ0n) is 11.6. The highest BCUT2D eigenvalue weighted by atomic mass is 35.5. The largest absolute Gasteiger partial charge is 0.382 e. The monoisotopic (exact) mass is 278 g/mol. The van der Waals surface area contributed by atoms with Gasteiger partial charge in [-0.15, -0.1) is 0 Å². The van der Waals surface area contributed by atoms with Gasteiger partial charge in [-0.05, 0) is 62.8 Å². The van der Waals surface area contributed by atoms with Gasteiger partial charge in [0.25, 0.3) is 0 Å². The minimum absolute atomic E-state index is 0.604. The summed E-state index contributed by atoms with van der Waals surface area (Å²) in [6.45, 7) is 3.30. The Balaban J connectivity index is 1.72. The van der Waals surface area contributed by atoms with E-state index in [1.807, 2.05) is 12.1 Å². The van der Waals surface area contributed by atoms with Crippen molar-refractivity contribution in [2.75, 3.05) is 11.9 Å². The second kappa shape index (κ2) is 5.72. The molecule has 2 aliphatic rings. The molecule has 104 valence electrons. The van der Waals surface area contributed by atoms with Crippen LogP contribution in [0.5, 0.6) is 0 Å². The Morgan fingerprint density at radius 2 is 2.11 bits per heavy atom. The van der Waals surface area contributed by atoms with Gasteiger partial charge in [-0.1, -0.05) is 24.1 Å². The second-order valence-corrected chi connectivity index (χ2v) is 6.37. The molecule has 1 aromatic carbocycles. The van der Waals surface area contributed by atoms with Gasteiger partial charge < -0.3 is 10.6 Å². The third kappa shape index (κ3) is 2.75. The summed E-state index contributed by atoms with van der Waals surface area (Å²) in [5, 5.41) is 8.29. The first-order chi connectivity index (χ1) is 9.25. The van der Waals surface area contributed by atoms with E-state index in [4.69, 9.17) is 11.6 Å². The molecule has 3 atom stereocenters. The quantitative estimate of drug-likeness (QED) is 0.874. The molecule has 3 rings (SSSR count). The highest BCUT2D eigenvalue weighted by Gasteiger charge is 2.35. The van der Waals surface area contributed by atoms with Crippen molar-refractivity contribution in [3.8, 4) is 0 Å². The Kier molecular flexibility index (Phi) is 3.99. The topological polar surface area (TPSA) is 24.1 Å². The fraction of sp³-hybridized carbons (Fsp3) is 0.625. The van der Waals surface area contributed by atoms with Crippen LogP contribution in [0.1, 0.15) is 37.7 Å². The van der Waals surface area contributed by atoms with Gasteiger partial charge in [0.15, 0.2) is 0 Å². The van der Waals surface area contributed by atoms with Crippen molar-refractivity contribution < 1.29 is 0 Å². The van der Waals surface area contributed by atoms with Crippen molar-refractivity contribution in [3.63, 3.8) is 0 Å². The average Bonchev–Trinajstić information content (AvgIpc) is 3.05. The van der Waals surface area contributed by atoms with Crippen LogP contribution in [0.15, 0.2) is 18.2 Å². The van der Waals surface area contributed by atoms with Gasteiger partial charge in [0.2, 0.25) is 0 Å². The highest BCUT2D eigenvalue weighted by molar-refractivity contribution is 6.31. The van der Waals surface area contributed by atoms with Gasteiger partial charge in [-0.3, -0.25) is 0 Å². The Morgan fingerprint density at radius 3 is 2.89 bits per heavy atom. The van der Waals surface area contributed by atoms with Crippen LogP contribution in [0, 0.1) is 12.8 Å². The molecule has 0 amide bonds. The molecule has 1 saturated heterocycles. The van der Waals surface area contributed by atoms with Gasteiger partial charge in [0.1, 0.15) is 0 Å². The fourth-order valence-electron chi connectivity index (χ4n) is 3.69. The van der Waals surface area contributed by atoms with Gasteiger partial charge in [-0.25, -0.2) is 0 Å². The van der Waals surface area contributed by atoms with Crippen molar-refractivity contribution in [3.05, 3.63) is 28.8 Å². The molecule has 3 heteroatoms. The zero-order valence-corrected chi connectivity index (χ0v) is 12.3. The molecule has 2 fully saturated rings. The SMILES string of the molecule is Cc1c(Cl)cccc1NC1CCCC1C1CCCN1. The first-order valence-electron chi connectivity index (χ1n) is 7.51. The Hall–Kier alpha value is -0.730. The normalized spacial score (nSPS) is 30.7. The minimum Gasteiger partial charge on any atom is -0.382 e. The molecule has 1 aliphatic carbocycles. The first-order valence-corrected chi connectivity index (χ1v) is 7.88. The number of hydrogen-bond acceptors (Lipinski definition) is 2. The van der Waals surface area contributed by atoms with Crippen molar-refractivity contribution in [1.82, 2.24) is 5.32 Å². The molecule has 1 aliphatic heterocycles. The average molecular weight is 279 g/mol. The number of halogens is 1. The van der Waals surface area contributed by atoms with Crippen LogP contribution in [-0.4, -0.2) is 18.6 Å². The van der Waals surface area contributed by atoms with Crippen molar-refractivity contribution in [2.24, 2.45) is 5.92 Å². The molecule has 1 saturated carbocycles. The van der Waals surface area contributed by atoms with Crippen LogP contribution in [0.25, 0.3) is 0 Å². The van der Waals surface area contributed by atoms with Crippen LogP contribution in [0.2, 0.25) is 5.02 Å². The molecule has 19 heavy (non-hydrogen) atoms. The predicted molar refractivity (Wildman–Crippen MR) is 82.0 cm³/mol. The van der Waals surface area contributed by atoms with E-state index in [2.05, 4.69) is 23.6 Å². The Bertz CT molecular complexity index is 440. The summed E-state index contributed by atoms with van der Waals surface area (Å²) in [5.41, 5.74) is 2.39. The number of benzene rings is 1. The number of anilines is 1. The van der Waals surface area contributed by atoms with Crippen LogP contribution in [-0.2, 0) is 0 Å². The molecular formula is C16H23ClN2. The van der Waals surface area contributed by atoms with Gasteiger partial charge in [0.05, 0.1) is 0 Å². The lowest BCUT2D eigenvalue weighted by Crippen LogP contribution is -2.38. The fourth-order valence-corrected chi connectivity index (χ4v) is 3.86. The molecule has 3 unspecified atom stereocenters. The lowest BCUT2D eigenvalue weighted by atomic mass is 9.93. The summed E-state index contributed by atoms with van der Waals surface area (Å²) in [7, 11) is 0. The van der Waals surface area contributed by atoms with E-state index in [1.165, 1.54) is 49.9 Å². The second-order valence-electron chi connectivity index (χ2n) is 5.96. The highest BCUT2D eigenvalue weighted by Crippen LogP contribution is 2.35. The summed E-state index contributed by atoms with van der Waals surface area (Å²) < 4.78 is 0. The smallest absolute Gasteiger partial charge is 0.0455 e. The minimum atomic E-state index is 0.604. The summed E-state index contributed by atoms with van der Waals surface area (Å²) in [4.78, 5) is 0. The van der Waals surface area contributed by atoms with E-state index in [9.17, 15) is 0 Å². The number of nitrogens with one attached hydrogen (secondary N) is 2. The Labute approximate surface area is 120 Å². The Morgan fingerprint density at radius 1 is 1.21 bits per heavy atom. The third-order valence-electron chi connectivity index (χ3n) is 4.79. The van der Waals surface area contributed by atoms with Crippen LogP contribution >= 0.6 is 11.6 Å². The standard InChI is InChI=1S/C16H23ClN2/c1-11-13(17)6-3-7-14(11)19-16-8-2-5-12(16)15-9-4-10-18-15/h3,6-7,12,15-16,18-19H,2,4-5,8-10H2,1H3. The molecule has 0 bridgehead atoms. The van der Waals surface area contributed by atoms with Gasteiger partial charge in [-0.2, -0.15) is 0 Å². The van der Waals surface area contributed by atoms with E-state index in [0.29, 0.717) is 6.04 Å². The lowest BCUT2D eigenvalue weighted by molar-refractivity contribution is 0.376. The molecule has 2 nitrogen and oxygen atoms in total. The molecule has 2 N–H and O–H groups in total. The number of rotatable bonds is 3. The summed E-state index contributed by atoms with van der Waals surface area (Å²) in [5.74, 6) is 0.779. The van der Waals surface area contributed by atoms with Gasteiger partial charge in [0, 0.05) is 22.8 Å². The van der Waals surface area contributed by atoms with E-state index < -0.39 is 0 Å². The van der Waals surface area contributed by atoms with Crippen LogP contribution in [0.3, 0.4) is 0 Å². The van der Waals surface area contributed by atoms with E-state index in [-0.39, 0.29) is 0 Å². The zero-order chi connectivity index (χ0) is 13.2. The lowest BCUT2D eigenvalue weighted by Gasteiger charge is -2.28. The van der Waals surface area contributed by atoms with Gasteiger partial charge >= 0.3 is 0 Å². The van der Waals surface area contributed by atoms with E-state index in [1.54, 1.807) is 0 Å². The molecular weight excluding hydrogens is 256 g/mol. The van der Waals surface area contributed by atoms with Crippen molar-refractivity contribution in [2.45, 2.75) is 51.1 Å². The maximum absolute atomic E-state index is 6.21. The molecule has 1 heterocycles. The predicted octanol–water partition coefficient (Wildman–Crippen LogP) is 3.98. The van der Waals surface area contributed by atoms with Crippen LogP contribution in [0.4, 0.5) is 5.69 Å². The molecule has 1 aromatic rings. The maximum Gasteiger partial charge on any atom is 0.0455 e. The summed E-state index contributed by atoms with van der Waals surface area (Å²) >= 11 is 6.21. The molecule has 0 radical (unpaired) electrons. The summed E-state index contributed by atoms with van der Waals surface area (Å²) in [6, 6.07) is 7.48. The van der Waals surface area contributed by atoms with Crippen molar-refractivity contribution in [1.29, 1.82) is 0 Å². The van der Waals surface area contributed by atoms with Crippen molar-refractivity contribution >= 4 is 17.3 Å². The van der Waals surface area contributed by atoms with E-state index >= 15 is 0 Å². The summed E-state index contributed by atoms with van der Waals surface area (Å²) in [6.07, 6.45) is 6.67. The molecule has 0 aromatic heterocycles.